The lowest BCUT2D eigenvalue weighted by Gasteiger charge is -2.18. The lowest BCUT2D eigenvalue weighted by atomic mass is 10.0. The number of amides is 2. The van der Waals surface area contributed by atoms with Gasteiger partial charge in [-0.05, 0) is 23.8 Å². The molecule has 3 N–H and O–H groups in total. The van der Waals surface area contributed by atoms with Gasteiger partial charge in [0.1, 0.15) is 5.69 Å². The number of hydrazone groups is 1. The summed E-state index contributed by atoms with van der Waals surface area (Å²) in [7, 11) is 0. The molecule has 1 unspecified atom stereocenters. The van der Waals surface area contributed by atoms with Crippen molar-refractivity contribution in [1.82, 2.24) is 20.9 Å². The van der Waals surface area contributed by atoms with Crippen molar-refractivity contribution in [3.63, 3.8) is 0 Å². The van der Waals surface area contributed by atoms with E-state index in [4.69, 9.17) is 0 Å². The first-order valence-electron chi connectivity index (χ1n) is 9.84. The molecule has 4 rings (SSSR count). The van der Waals surface area contributed by atoms with Crippen molar-refractivity contribution in [1.29, 1.82) is 0 Å². The van der Waals surface area contributed by atoms with Crippen molar-refractivity contribution in [3.05, 3.63) is 112 Å². The summed E-state index contributed by atoms with van der Waals surface area (Å²) in [4.78, 5) is 38.0. The SMILES string of the molecule is O=C(NC(C(=O)NN=Cc1ccccc1)c1n[nH]c(=O)c2ccccc12)c1ccccc1. The molecular formula is C24H19N5O3. The van der Waals surface area contributed by atoms with Gasteiger partial charge in [0, 0.05) is 10.9 Å². The quantitative estimate of drug-likeness (QED) is 0.325. The third-order valence-corrected chi connectivity index (χ3v) is 4.76. The van der Waals surface area contributed by atoms with Crippen molar-refractivity contribution >= 4 is 28.8 Å². The van der Waals surface area contributed by atoms with Gasteiger partial charge < -0.3 is 5.32 Å². The van der Waals surface area contributed by atoms with E-state index in [2.05, 4.69) is 26.0 Å². The van der Waals surface area contributed by atoms with Crippen LogP contribution in [0.5, 0.6) is 0 Å². The minimum Gasteiger partial charge on any atom is -0.335 e. The number of carbonyl (C=O) groups is 2. The first-order valence-corrected chi connectivity index (χ1v) is 9.84. The highest BCUT2D eigenvalue weighted by atomic mass is 16.2. The van der Waals surface area contributed by atoms with Crippen LogP contribution in [0.3, 0.4) is 0 Å². The maximum absolute atomic E-state index is 13.1. The smallest absolute Gasteiger partial charge is 0.272 e. The topological polar surface area (TPSA) is 116 Å². The lowest BCUT2D eigenvalue weighted by molar-refractivity contribution is -0.123. The van der Waals surface area contributed by atoms with Gasteiger partial charge in [0.15, 0.2) is 6.04 Å². The molecule has 1 heterocycles. The van der Waals surface area contributed by atoms with E-state index in [1.807, 2.05) is 30.3 Å². The Morgan fingerprint density at radius 2 is 1.50 bits per heavy atom. The molecular weight excluding hydrogens is 406 g/mol. The predicted octanol–water partition coefficient (Wildman–Crippen LogP) is 2.54. The number of rotatable bonds is 6. The van der Waals surface area contributed by atoms with Crippen LogP contribution in [-0.2, 0) is 4.79 Å². The van der Waals surface area contributed by atoms with Crippen LogP contribution in [0.15, 0.2) is 94.8 Å². The number of fused-ring (bicyclic) bond motifs is 1. The van der Waals surface area contributed by atoms with E-state index in [9.17, 15) is 14.4 Å². The summed E-state index contributed by atoms with van der Waals surface area (Å²) in [5.41, 5.74) is 3.44. The zero-order valence-electron chi connectivity index (χ0n) is 16.9. The van der Waals surface area contributed by atoms with Gasteiger partial charge in [0.25, 0.3) is 17.4 Å². The molecule has 8 heteroatoms. The summed E-state index contributed by atoms with van der Waals surface area (Å²) >= 11 is 0. The van der Waals surface area contributed by atoms with E-state index in [0.717, 1.165) is 5.56 Å². The Kier molecular flexibility index (Phi) is 6.12. The molecule has 0 saturated carbocycles. The molecule has 0 aliphatic rings. The van der Waals surface area contributed by atoms with E-state index >= 15 is 0 Å². The largest absolute Gasteiger partial charge is 0.335 e. The van der Waals surface area contributed by atoms with Crippen molar-refractivity contribution in [2.75, 3.05) is 0 Å². The minimum atomic E-state index is -1.20. The van der Waals surface area contributed by atoms with Gasteiger partial charge in [-0.3, -0.25) is 14.4 Å². The van der Waals surface area contributed by atoms with Crippen LogP contribution >= 0.6 is 0 Å². The molecule has 1 aromatic heterocycles. The second kappa shape index (κ2) is 9.48. The highest BCUT2D eigenvalue weighted by Gasteiger charge is 2.27. The zero-order chi connectivity index (χ0) is 22.3. The number of aromatic nitrogens is 2. The molecule has 4 aromatic rings. The van der Waals surface area contributed by atoms with Gasteiger partial charge in [-0.25, -0.2) is 10.5 Å². The first kappa shape index (κ1) is 20.7. The number of nitrogens with zero attached hydrogens (tertiary/aromatic N) is 2. The van der Waals surface area contributed by atoms with E-state index in [-0.39, 0.29) is 11.3 Å². The number of hydrogen-bond acceptors (Lipinski definition) is 5. The van der Waals surface area contributed by atoms with Gasteiger partial charge in [-0.1, -0.05) is 66.7 Å². The number of aromatic amines is 1. The van der Waals surface area contributed by atoms with Crippen molar-refractivity contribution in [2.45, 2.75) is 6.04 Å². The Labute approximate surface area is 183 Å². The molecule has 2 amide bonds. The molecule has 32 heavy (non-hydrogen) atoms. The molecule has 0 aliphatic carbocycles. The van der Waals surface area contributed by atoms with E-state index in [1.54, 1.807) is 54.6 Å². The average Bonchev–Trinajstić information content (AvgIpc) is 2.84. The van der Waals surface area contributed by atoms with Crippen LogP contribution in [-0.4, -0.2) is 28.2 Å². The molecule has 0 bridgehead atoms. The summed E-state index contributed by atoms with van der Waals surface area (Å²) < 4.78 is 0. The van der Waals surface area contributed by atoms with Crippen LogP contribution in [0.4, 0.5) is 0 Å². The first-order chi connectivity index (χ1) is 15.6. The van der Waals surface area contributed by atoms with Crippen LogP contribution in [0.2, 0.25) is 0 Å². The highest BCUT2D eigenvalue weighted by molar-refractivity contribution is 5.99. The summed E-state index contributed by atoms with van der Waals surface area (Å²) in [6.45, 7) is 0. The van der Waals surface area contributed by atoms with E-state index < -0.39 is 17.9 Å². The fourth-order valence-corrected chi connectivity index (χ4v) is 3.19. The van der Waals surface area contributed by atoms with Gasteiger partial charge in [0.2, 0.25) is 0 Å². The Bertz CT molecular complexity index is 1330. The molecule has 0 spiro atoms. The zero-order valence-corrected chi connectivity index (χ0v) is 16.9. The number of nitrogens with one attached hydrogen (secondary N) is 3. The molecule has 0 aliphatic heterocycles. The highest BCUT2D eigenvalue weighted by Crippen LogP contribution is 2.20. The molecule has 8 nitrogen and oxygen atoms in total. The summed E-state index contributed by atoms with van der Waals surface area (Å²) in [5.74, 6) is -1.07. The molecule has 0 radical (unpaired) electrons. The van der Waals surface area contributed by atoms with Crippen LogP contribution in [0, 0.1) is 0 Å². The van der Waals surface area contributed by atoms with Gasteiger partial charge >= 0.3 is 0 Å². The number of hydrogen-bond donors (Lipinski definition) is 3. The van der Waals surface area contributed by atoms with Gasteiger partial charge in [-0.15, -0.1) is 0 Å². The van der Waals surface area contributed by atoms with Crippen molar-refractivity contribution in [2.24, 2.45) is 5.10 Å². The molecule has 1 atom stereocenters. The number of H-pyrrole nitrogens is 1. The second-order valence-corrected chi connectivity index (χ2v) is 6.90. The normalized spacial score (nSPS) is 11.9. The number of benzene rings is 3. The molecule has 0 fully saturated rings. The minimum absolute atomic E-state index is 0.205. The number of carbonyl (C=O) groups excluding carboxylic acids is 2. The van der Waals surface area contributed by atoms with Gasteiger partial charge in [-0.2, -0.15) is 10.2 Å². The molecule has 0 saturated heterocycles. The van der Waals surface area contributed by atoms with Crippen LogP contribution in [0.25, 0.3) is 10.8 Å². The van der Waals surface area contributed by atoms with Crippen LogP contribution < -0.4 is 16.3 Å². The third kappa shape index (κ3) is 4.59. The second-order valence-electron chi connectivity index (χ2n) is 6.90. The van der Waals surface area contributed by atoms with Gasteiger partial charge in [0.05, 0.1) is 11.6 Å². The van der Waals surface area contributed by atoms with Crippen molar-refractivity contribution in [3.8, 4) is 0 Å². The lowest BCUT2D eigenvalue weighted by Crippen LogP contribution is -2.40. The Balaban J connectivity index is 1.68. The molecule has 3 aromatic carbocycles. The third-order valence-electron chi connectivity index (χ3n) is 4.76. The maximum Gasteiger partial charge on any atom is 0.272 e. The summed E-state index contributed by atoms with van der Waals surface area (Å²) in [5, 5.41) is 14.0. The van der Waals surface area contributed by atoms with Crippen LogP contribution in [0.1, 0.15) is 27.7 Å². The summed E-state index contributed by atoms with van der Waals surface area (Å²) in [6.07, 6.45) is 1.49. The summed E-state index contributed by atoms with van der Waals surface area (Å²) in [6, 6.07) is 23.3. The Morgan fingerprint density at radius 1 is 0.875 bits per heavy atom. The average molecular weight is 425 g/mol. The Hall–Kier alpha value is -4.59. The van der Waals surface area contributed by atoms with E-state index in [1.165, 1.54) is 6.21 Å². The predicted molar refractivity (Wildman–Crippen MR) is 121 cm³/mol. The monoisotopic (exact) mass is 425 g/mol. The fourth-order valence-electron chi connectivity index (χ4n) is 3.19. The Morgan fingerprint density at radius 3 is 2.22 bits per heavy atom. The van der Waals surface area contributed by atoms with E-state index in [0.29, 0.717) is 16.3 Å². The molecule has 158 valence electrons. The standard InChI is InChI=1S/C24H19N5O3/c30-22(17-11-5-2-6-12-17)26-21(24(32)28-25-15-16-9-3-1-4-10-16)20-18-13-7-8-14-19(18)23(31)29-27-20/h1-15,21H,(H,26,30)(H,28,32)(H,29,31). The van der Waals surface area contributed by atoms with Crippen molar-refractivity contribution < 1.29 is 9.59 Å². The fraction of sp³-hybridized carbons (Fsp3) is 0.0417. The maximum atomic E-state index is 13.1.